The lowest BCUT2D eigenvalue weighted by atomic mass is 9.72. The van der Waals surface area contributed by atoms with Crippen LogP contribution in [-0.2, 0) is 10.8 Å². The molecule has 2 heterocycles. The molecular formula is C48H38N2O. The molecule has 0 amide bonds. The number of benzene rings is 7. The SMILES string of the molecule is CC1(C)c2ccccc2-c2ccc(N(c3ccc(-c4ccccc4)cc3)c3cccc4c3C(C)(C)c3cccc5c3N4c3ccccc3O5)cc21. The molecule has 3 heteroatoms. The minimum absolute atomic E-state index is 0.118. The summed E-state index contributed by atoms with van der Waals surface area (Å²) >= 11 is 0. The van der Waals surface area contributed by atoms with E-state index in [0.717, 1.165) is 34.2 Å². The van der Waals surface area contributed by atoms with Crippen molar-refractivity contribution in [3.8, 4) is 33.8 Å². The standard InChI is InChI=1S/C48H38N2O/c1-47(2)37-17-9-8-16-35(37)36-29-28-34(30-39(36)47)49(33-26-24-32(25-27-33)31-14-6-5-7-15-31)41-20-13-21-42-45(41)48(3,4)38-18-12-23-44-46(38)50(42)40-19-10-11-22-43(40)51-44/h5-30H,1-4H3. The van der Waals surface area contributed by atoms with Crippen molar-refractivity contribution in [3.05, 3.63) is 180 Å². The maximum atomic E-state index is 6.53. The Labute approximate surface area is 300 Å². The van der Waals surface area contributed by atoms with Crippen LogP contribution in [0.25, 0.3) is 22.3 Å². The van der Waals surface area contributed by atoms with E-state index in [2.05, 4.69) is 189 Å². The van der Waals surface area contributed by atoms with E-state index in [-0.39, 0.29) is 10.8 Å². The van der Waals surface area contributed by atoms with Crippen molar-refractivity contribution in [2.75, 3.05) is 9.80 Å². The summed E-state index contributed by atoms with van der Waals surface area (Å²) in [5.74, 6) is 1.76. The molecule has 0 aromatic heterocycles. The first-order valence-corrected chi connectivity index (χ1v) is 17.9. The van der Waals surface area contributed by atoms with Gasteiger partial charge in [-0.25, -0.2) is 0 Å². The van der Waals surface area contributed by atoms with E-state index < -0.39 is 0 Å². The van der Waals surface area contributed by atoms with E-state index >= 15 is 0 Å². The fourth-order valence-corrected chi connectivity index (χ4v) is 8.93. The summed E-state index contributed by atoms with van der Waals surface area (Å²) in [6.07, 6.45) is 0. The van der Waals surface area contributed by atoms with Crippen molar-refractivity contribution < 1.29 is 4.74 Å². The van der Waals surface area contributed by atoms with Crippen molar-refractivity contribution in [3.63, 3.8) is 0 Å². The lowest BCUT2D eigenvalue weighted by Crippen LogP contribution is -2.34. The van der Waals surface area contributed by atoms with Crippen LogP contribution < -0.4 is 14.5 Å². The molecule has 0 saturated heterocycles. The van der Waals surface area contributed by atoms with Gasteiger partial charge in [-0.15, -0.1) is 0 Å². The third kappa shape index (κ3) is 4.24. The molecule has 3 nitrogen and oxygen atoms in total. The van der Waals surface area contributed by atoms with Crippen LogP contribution in [-0.4, -0.2) is 0 Å². The monoisotopic (exact) mass is 658 g/mol. The highest BCUT2D eigenvalue weighted by atomic mass is 16.5. The highest BCUT2D eigenvalue weighted by Gasteiger charge is 2.44. The zero-order valence-corrected chi connectivity index (χ0v) is 29.3. The summed E-state index contributed by atoms with van der Waals surface area (Å²) in [6.45, 7) is 9.44. The van der Waals surface area contributed by atoms with Gasteiger partial charge in [0.1, 0.15) is 0 Å². The second-order valence-electron chi connectivity index (χ2n) is 15.0. The Morgan fingerprint density at radius 1 is 0.471 bits per heavy atom. The van der Waals surface area contributed by atoms with E-state index in [1.807, 2.05) is 6.07 Å². The van der Waals surface area contributed by atoms with Gasteiger partial charge in [0.25, 0.3) is 0 Å². The molecule has 0 atom stereocenters. The van der Waals surface area contributed by atoms with Crippen LogP contribution in [0.1, 0.15) is 49.9 Å². The van der Waals surface area contributed by atoms with E-state index in [9.17, 15) is 0 Å². The van der Waals surface area contributed by atoms with Gasteiger partial charge in [-0.1, -0.05) is 131 Å². The highest BCUT2D eigenvalue weighted by molar-refractivity contribution is 5.97. The summed E-state index contributed by atoms with van der Waals surface area (Å²) in [7, 11) is 0. The average molecular weight is 659 g/mol. The second kappa shape index (κ2) is 10.7. The molecule has 0 bridgehead atoms. The van der Waals surface area contributed by atoms with Crippen LogP contribution in [0.2, 0.25) is 0 Å². The van der Waals surface area contributed by atoms with Gasteiger partial charge < -0.3 is 14.5 Å². The molecule has 0 radical (unpaired) electrons. The Bertz CT molecular complexity index is 2510. The predicted octanol–water partition coefficient (Wildman–Crippen LogP) is 13.3. The molecule has 7 aromatic carbocycles. The fraction of sp³-hybridized carbons (Fsp3) is 0.125. The number of hydrogen-bond donors (Lipinski definition) is 0. The molecule has 0 unspecified atom stereocenters. The summed E-state index contributed by atoms with van der Waals surface area (Å²) in [5.41, 5.74) is 16.7. The van der Waals surface area contributed by atoms with Gasteiger partial charge in [-0.3, -0.25) is 0 Å². The van der Waals surface area contributed by atoms with E-state index in [1.54, 1.807) is 0 Å². The molecule has 1 aliphatic carbocycles. The molecule has 0 N–H and O–H groups in total. The van der Waals surface area contributed by atoms with Gasteiger partial charge in [0.15, 0.2) is 11.5 Å². The quantitative estimate of drug-likeness (QED) is 0.187. The van der Waals surface area contributed by atoms with Gasteiger partial charge in [0.2, 0.25) is 0 Å². The van der Waals surface area contributed by atoms with Crippen LogP contribution in [0.15, 0.2) is 158 Å². The molecule has 0 saturated carbocycles. The lowest BCUT2D eigenvalue weighted by molar-refractivity contribution is 0.471. The Morgan fingerprint density at radius 2 is 1.10 bits per heavy atom. The number of ether oxygens (including phenoxy) is 1. The molecular weight excluding hydrogens is 621 g/mol. The molecule has 7 aromatic rings. The number of rotatable bonds is 4. The van der Waals surface area contributed by atoms with Crippen LogP contribution in [0.3, 0.4) is 0 Å². The molecule has 3 aliphatic rings. The predicted molar refractivity (Wildman–Crippen MR) is 211 cm³/mol. The number of para-hydroxylation sites is 3. The Hall–Kier alpha value is -6.06. The Morgan fingerprint density at radius 3 is 1.94 bits per heavy atom. The molecule has 0 spiro atoms. The van der Waals surface area contributed by atoms with Gasteiger partial charge in [0.05, 0.1) is 22.7 Å². The maximum absolute atomic E-state index is 6.53. The minimum atomic E-state index is -0.335. The topological polar surface area (TPSA) is 15.7 Å². The molecule has 2 aliphatic heterocycles. The largest absolute Gasteiger partial charge is 0.453 e. The van der Waals surface area contributed by atoms with Crippen molar-refractivity contribution in [1.29, 1.82) is 0 Å². The number of fused-ring (bicyclic) bond motifs is 7. The van der Waals surface area contributed by atoms with Gasteiger partial charge in [-0.2, -0.15) is 0 Å². The smallest absolute Gasteiger partial charge is 0.151 e. The normalized spacial score (nSPS) is 15.1. The first-order valence-electron chi connectivity index (χ1n) is 17.9. The summed E-state index contributed by atoms with van der Waals surface area (Å²) in [6, 6.07) is 57.4. The lowest BCUT2D eigenvalue weighted by Gasteiger charge is -2.46. The van der Waals surface area contributed by atoms with E-state index in [4.69, 9.17) is 4.74 Å². The van der Waals surface area contributed by atoms with Gasteiger partial charge >= 0.3 is 0 Å². The second-order valence-corrected chi connectivity index (χ2v) is 15.0. The minimum Gasteiger partial charge on any atom is -0.453 e. The summed E-state index contributed by atoms with van der Waals surface area (Å²) < 4.78 is 6.53. The van der Waals surface area contributed by atoms with Crippen molar-refractivity contribution >= 4 is 34.1 Å². The summed E-state index contributed by atoms with van der Waals surface area (Å²) in [5, 5.41) is 0. The van der Waals surface area contributed by atoms with Crippen molar-refractivity contribution in [1.82, 2.24) is 0 Å². The maximum Gasteiger partial charge on any atom is 0.151 e. The average Bonchev–Trinajstić information content (AvgIpc) is 3.39. The van der Waals surface area contributed by atoms with Crippen LogP contribution in [0, 0.1) is 0 Å². The number of anilines is 6. The van der Waals surface area contributed by atoms with Crippen molar-refractivity contribution in [2.45, 2.75) is 38.5 Å². The zero-order valence-electron chi connectivity index (χ0n) is 29.3. The van der Waals surface area contributed by atoms with Crippen LogP contribution in [0.4, 0.5) is 34.1 Å². The molecule has 10 rings (SSSR count). The van der Waals surface area contributed by atoms with Crippen LogP contribution >= 0.6 is 0 Å². The molecule has 246 valence electrons. The highest BCUT2D eigenvalue weighted by Crippen LogP contribution is 2.62. The third-order valence-corrected chi connectivity index (χ3v) is 11.4. The fourth-order valence-electron chi connectivity index (χ4n) is 8.93. The first-order chi connectivity index (χ1) is 24.8. The van der Waals surface area contributed by atoms with E-state index in [0.29, 0.717) is 0 Å². The van der Waals surface area contributed by atoms with Gasteiger partial charge in [0, 0.05) is 27.8 Å². The van der Waals surface area contributed by atoms with Gasteiger partial charge in [-0.05, 0) is 93.5 Å². The van der Waals surface area contributed by atoms with Crippen LogP contribution in [0.5, 0.6) is 11.5 Å². The number of hydrogen-bond acceptors (Lipinski definition) is 3. The molecule has 0 fully saturated rings. The first kappa shape index (κ1) is 29.8. The molecule has 51 heavy (non-hydrogen) atoms. The zero-order chi connectivity index (χ0) is 34.5. The Kier molecular flexibility index (Phi) is 6.27. The van der Waals surface area contributed by atoms with Crippen molar-refractivity contribution in [2.24, 2.45) is 0 Å². The van der Waals surface area contributed by atoms with E-state index in [1.165, 1.54) is 55.9 Å². The third-order valence-electron chi connectivity index (χ3n) is 11.4. The number of nitrogens with zero attached hydrogens (tertiary/aromatic N) is 2. The summed E-state index contributed by atoms with van der Waals surface area (Å²) in [4.78, 5) is 4.91. The Balaban J connectivity index is 1.22.